The van der Waals surface area contributed by atoms with Gasteiger partial charge < -0.3 is 5.32 Å². The second-order valence-corrected chi connectivity index (χ2v) is 7.84. The van der Waals surface area contributed by atoms with Crippen LogP contribution in [0, 0.1) is 0 Å². The maximum atomic E-state index is 11.4. The van der Waals surface area contributed by atoms with Crippen molar-refractivity contribution in [3.05, 3.63) is 33.8 Å². The number of halogens is 1. The van der Waals surface area contributed by atoms with Gasteiger partial charge in [-0.05, 0) is 48.9 Å². The summed E-state index contributed by atoms with van der Waals surface area (Å²) in [5, 5.41) is 3.76. The zero-order chi connectivity index (χ0) is 12.5. The lowest BCUT2D eigenvalue weighted by Crippen LogP contribution is -2.37. The average Bonchev–Trinajstić information content (AvgIpc) is 2.74. The molecule has 0 aromatic heterocycles. The Hall–Kier alpha value is -0.190. The van der Waals surface area contributed by atoms with Crippen molar-refractivity contribution >= 4 is 26.7 Å². The van der Waals surface area contributed by atoms with Crippen molar-refractivity contribution in [2.45, 2.75) is 37.8 Å². The van der Waals surface area contributed by atoms with Crippen molar-refractivity contribution < 1.29 is 4.21 Å². The summed E-state index contributed by atoms with van der Waals surface area (Å²) in [7, 11) is -0.558. The van der Waals surface area contributed by atoms with E-state index in [1.54, 1.807) is 0 Å². The van der Waals surface area contributed by atoms with Gasteiger partial charge in [-0.2, -0.15) is 0 Å². The smallest absolute Gasteiger partial charge is 0.0328 e. The van der Waals surface area contributed by atoms with Gasteiger partial charge in [0, 0.05) is 38.9 Å². The molecule has 0 bridgehead atoms. The molecule has 0 spiro atoms. The molecular formula is C14H18BrNOS. The Morgan fingerprint density at radius 2 is 2.00 bits per heavy atom. The third-order valence-electron chi connectivity index (χ3n) is 4.01. The molecule has 4 heteroatoms. The average molecular weight is 328 g/mol. The van der Waals surface area contributed by atoms with E-state index < -0.39 is 10.8 Å². The molecule has 1 aliphatic heterocycles. The minimum atomic E-state index is -0.558. The zero-order valence-corrected chi connectivity index (χ0v) is 12.7. The van der Waals surface area contributed by atoms with Gasteiger partial charge >= 0.3 is 0 Å². The predicted molar refractivity (Wildman–Crippen MR) is 79.2 cm³/mol. The molecule has 1 atom stereocenters. The van der Waals surface area contributed by atoms with Crippen LogP contribution in [0.2, 0.25) is 0 Å². The molecule has 98 valence electrons. The van der Waals surface area contributed by atoms with Crippen molar-refractivity contribution in [1.29, 1.82) is 0 Å². The van der Waals surface area contributed by atoms with Crippen LogP contribution < -0.4 is 5.32 Å². The Morgan fingerprint density at radius 1 is 1.22 bits per heavy atom. The minimum Gasteiger partial charge on any atom is -0.307 e. The second kappa shape index (κ2) is 5.43. The van der Waals surface area contributed by atoms with Crippen LogP contribution in [0.5, 0.6) is 0 Å². The van der Waals surface area contributed by atoms with Crippen molar-refractivity contribution in [3.63, 3.8) is 0 Å². The summed E-state index contributed by atoms with van der Waals surface area (Å²) in [6, 6.07) is 7.68. The van der Waals surface area contributed by atoms with Gasteiger partial charge in [0.2, 0.25) is 0 Å². The van der Waals surface area contributed by atoms with E-state index in [1.807, 2.05) is 0 Å². The fourth-order valence-corrected chi connectivity index (χ4v) is 4.71. The molecule has 1 aromatic rings. The Balaban J connectivity index is 1.67. The first-order valence-corrected chi connectivity index (χ1v) is 8.90. The van der Waals surface area contributed by atoms with Crippen LogP contribution in [0.15, 0.2) is 22.7 Å². The number of hydrogen-bond donors (Lipinski definition) is 1. The molecule has 1 unspecified atom stereocenters. The molecule has 1 saturated heterocycles. The Bertz CT molecular complexity index is 467. The van der Waals surface area contributed by atoms with Crippen LogP contribution in [-0.4, -0.2) is 21.8 Å². The third kappa shape index (κ3) is 2.70. The minimum absolute atomic E-state index is 0.504. The van der Waals surface area contributed by atoms with Gasteiger partial charge in [-0.1, -0.05) is 22.0 Å². The number of benzene rings is 1. The Kier molecular flexibility index (Phi) is 3.87. The third-order valence-corrected chi connectivity index (χ3v) is 5.88. The highest BCUT2D eigenvalue weighted by molar-refractivity contribution is 9.10. The van der Waals surface area contributed by atoms with E-state index in [0.717, 1.165) is 24.3 Å². The van der Waals surface area contributed by atoms with E-state index in [1.165, 1.54) is 28.4 Å². The van der Waals surface area contributed by atoms with Gasteiger partial charge in [0.25, 0.3) is 0 Å². The highest BCUT2D eigenvalue weighted by Gasteiger charge is 2.26. The highest BCUT2D eigenvalue weighted by Crippen LogP contribution is 2.33. The quantitative estimate of drug-likeness (QED) is 0.904. The van der Waals surface area contributed by atoms with Crippen LogP contribution in [0.25, 0.3) is 0 Å². The number of rotatable bonds is 2. The topological polar surface area (TPSA) is 29.1 Å². The Morgan fingerprint density at radius 3 is 2.78 bits per heavy atom. The molecular weight excluding hydrogens is 310 g/mol. The first kappa shape index (κ1) is 12.8. The van der Waals surface area contributed by atoms with Gasteiger partial charge in [-0.15, -0.1) is 0 Å². The first-order valence-electron chi connectivity index (χ1n) is 6.62. The van der Waals surface area contributed by atoms with E-state index in [4.69, 9.17) is 0 Å². The predicted octanol–water partition coefficient (Wildman–Crippen LogP) is 2.94. The molecule has 0 amide bonds. The second-order valence-electron chi connectivity index (χ2n) is 5.22. The monoisotopic (exact) mass is 327 g/mol. The van der Waals surface area contributed by atoms with Crippen molar-refractivity contribution in [2.24, 2.45) is 0 Å². The SMILES string of the molecule is O=S1CCC(NC2CCc3cc(Br)ccc32)CC1. The summed E-state index contributed by atoms with van der Waals surface area (Å²) in [6.07, 6.45) is 4.50. The van der Waals surface area contributed by atoms with Gasteiger partial charge in [-0.3, -0.25) is 4.21 Å². The zero-order valence-electron chi connectivity index (χ0n) is 10.3. The van der Waals surface area contributed by atoms with Crippen molar-refractivity contribution in [2.75, 3.05) is 11.5 Å². The van der Waals surface area contributed by atoms with Gasteiger partial charge in [0.15, 0.2) is 0 Å². The van der Waals surface area contributed by atoms with Gasteiger partial charge in [0.1, 0.15) is 0 Å². The Labute approximate surface area is 119 Å². The largest absolute Gasteiger partial charge is 0.307 e. The van der Waals surface area contributed by atoms with Gasteiger partial charge in [-0.25, -0.2) is 0 Å². The lowest BCUT2D eigenvalue weighted by molar-refractivity contribution is 0.408. The van der Waals surface area contributed by atoms with Crippen LogP contribution in [0.1, 0.15) is 36.4 Å². The number of nitrogens with one attached hydrogen (secondary N) is 1. The van der Waals surface area contributed by atoms with E-state index in [9.17, 15) is 4.21 Å². The number of fused-ring (bicyclic) bond motifs is 1. The molecule has 18 heavy (non-hydrogen) atoms. The van der Waals surface area contributed by atoms with Crippen LogP contribution >= 0.6 is 15.9 Å². The van der Waals surface area contributed by atoms with Gasteiger partial charge in [0.05, 0.1) is 0 Å². The van der Waals surface area contributed by atoms with E-state index >= 15 is 0 Å². The molecule has 0 saturated carbocycles. The summed E-state index contributed by atoms with van der Waals surface area (Å²) in [6.45, 7) is 0. The molecule has 2 nitrogen and oxygen atoms in total. The molecule has 1 N–H and O–H groups in total. The fourth-order valence-electron chi connectivity index (χ4n) is 3.00. The maximum absolute atomic E-state index is 11.4. The van der Waals surface area contributed by atoms with E-state index in [-0.39, 0.29) is 0 Å². The normalized spacial score (nSPS) is 31.3. The number of aryl methyl sites for hydroxylation is 1. The molecule has 1 aliphatic carbocycles. The number of hydrogen-bond acceptors (Lipinski definition) is 2. The lowest BCUT2D eigenvalue weighted by Gasteiger charge is -2.26. The molecule has 1 aromatic carbocycles. The lowest BCUT2D eigenvalue weighted by atomic mass is 10.1. The van der Waals surface area contributed by atoms with Crippen LogP contribution in [0.4, 0.5) is 0 Å². The first-order chi connectivity index (χ1) is 8.72. The summed E-state index contributed by atoms with van der Waals surface area (Å²) in [4.78, 5) is 0. The molecule has 1 fully saturated rings. The van der Waals surface area contributed by atoms with Crippen LogP contribution in [-0.2, 0) is 17.2 Å². The molecule has 0 radical (unpaired) electrons. The molecule has 3 rings (SSSR count). The van der Waals surface area contributed by atoms with Crippen LogP contribution in [0.3, 0.4) is 0 Å². The standard InChI is InChI=1S/C14H18BrNOS/c15-11-2-3-13-10(9-11)1-4-14(13)16-12-5-7-18(17)8-6-12/h2-3,9,12,14,16H,1,4-8H2. The van der Waals surface area contributed by atoms with Crippen molar-refractivity contribution in [1.82, 2.24) is 5.32 Å². The maximum Gasteiger partial charge on any atom is 0.0328 e. The summed E-state index contributed by atoms with van der Waals surface area (Å²) in [5.74, 6) is 1.75. The molecule has 1 heterocycles. The summed E-state index contributed by atoms with van der Waals surface area (Å²) in [5.41, 5.74) is 2.94. The van der Waals surface area contributed by atoms with E-state index in [2.05, 4.69) is 39.4 Å². The van der Waals surface area contributed by atoms with E-state index in [0.29, 0.717) is 12.1 Å². The van der Waals surface area contributed by atoms with Crippen molar-refractivity contribution in [3.8, 4) is 0 Å². The summed E-state index contributed by atoms with van der Waals surface area (Å²) >= 11 is 3.54. The summed E-state index contributed by atoms with van der Waals surface area (Å²) < 4.78 is 12.5. The fraction of sp³-hybridized carbons (Fsp3) is 0.571. The molecule has 2 aliphatic rings. The highest BCUT2D eigenvalue weighted by atomic mass is 79.9.